The first kappa shape index (κ1) is 16.0. The summed E-state index contributed by atoms with van der Waals surface area (Å²) in [5, 5.41) is 0. The molecule has 0 amide bonds. The van der Waals surface area contributed by atoms with Crippen LogP contribution in [0.5, 0.6) is 5.75 Å². The Hall–Kier alpha value is -1.90. The molecule has 1 aliphatic carbocycles. The third-order valence-corrected chi connectivity index (χ3v) is 5.02. The Morgan fingerprint density at radius 2 is 2.00 bits per heavy atom. The van der Waals surface area contributed by atoms with E-state index < -0.39 is 0 Å². The second kappa shape index (κ2) is 6.69. The molecule has 2 aromatic rings. The standard InChI is InChI=1S/C19H18BrNO2/c1-14-10-16(19(21-13-22)8-5-9-19)11-17(20)18(14)23-12-15-6-3-2-4-7-15/h2-4,6-7,10-11H,5,8-9,12H2,1H3. The van der Waals surface area contributed by atoms with E-state index in [0.29, 0.717) is 6.61 Å². The van der Waals surface area contributed by atoms with Crippen LogP contribution in [0.3, 0.4) is 0 Å². The third-order valence-electron chi connectivity index (χ3n) is 4.43. The molecule has 0 saturated heterocycles. The minimum absolute atomic E-state index is 0.382. The Labute approximate surface area is 144 Å². The predicted molar refractivity (Wildman–Crippen MR) is 93.3 cm³/mol. The highest BCUT2D eigenvalue weighted by molar-refractivity contribution is 9.10. The highest BCUT2D eigenvalue weighted by Gasteiger charge is 2.39. The molecule has 0 aromatic heterocycles. The number of carbonyl (C=O) groups excluding carboxylic acids is 1. The fourth-order valence-electron chi connectivity index (χ4n) is 2.98. The van der Waals surface area contributed by atoms with Crippen molar-refractivity contribution in [3.63, 3.8) is 0 Å². The molecule has 118 valence electrons. The predicted octanol–water partition coefficient (Wildman–Crippen LogP) is 5.05. The summed E-state index contributed by atoms with van der Waals surface area (Å²) in [6.45, 7) is 2.54. The molecule has 1 saturated carbocycles. The molecule has 0 unspecified atom stereocenters. The lowest BCUT2D eigenvalue weighted by Crippen LogP contribution is -2.32. The van der Waals surface area contributed by atoms with Crippen molar-refractivity contribution >= 4 is 22.0 Å². The van der Waals surface area contributed by atoms with E-state index in [2.05, 4.69) is 27.0 Å². The molecular weight excluding hydrogens is 354 g/mol. The topological polar surface area (TPSA) is 38.7 Å². The summed E-state index contributed by atoms with van der Waals surface area (Å²) in [7, 11) is 0. The summed E-state index contributed by atoms with van der Waals surface area (Å²) in [6.07, 6.45) is 4.63. The van der Waals surface area contributed by atoms with Crippen LogP contribution in [0.15, 0.2) is 51.9 Å². The zero-order chi connectivity index (χ0) is 16.3. The van der Waals surface area contributed by atoms with Crippen LogP contribution in [0, 0.1) is 6.92 Å². The van der Waals surface area contributed by atoms with Crippen molar-refractivity contribution in [2.24, 2.45) is 4.99 Å². The lowest BCUT2D eigenvalue weighted by Gasteiger charge is -2.37. The number of aryl methyl sites for hydroxylation is 1. The molecule has 1 fully saturated rings. The minimum atomic E-state index is -0.382. The van der Waals surface area contributed by atoms with Gasteiger partial charge in [0.05, 0.1) is 10.0 Å². The van der Waals surface area contributed by atoms with E-state index in [1.165, 1.54) is 0 Å². The number of ether oxygens (including phenoxy) is 1. The molecule has 0 aliphatic heterocycles. The summed E-state index contributed by atoms with van der Waals surface area (Å²) in [4.78, 5) is 14.8. The minimum Gasteiger partial charge on any atom is -0.487 e. The summed E-state index contributed by atoms with van der Waals surface area (Å²) in [6, 6.07) is 14.2. The molecule has 0 atom stereocenters. The maximum absolute atomic E-state index is 10.8. The smallest absolute Gasteiger partial charge is 0.235 e. The van der Waals surface area contributed by atoms with Gasteiger partial charge in [-0.1, -0.05) is 30.3 Å². The van der Waals surface area contributed by atoms with Crippen molar-refractivity contribution in [3.8, 4) is 5.75 Å². The van der Waals surface area contributed by atoms with Gasteiger partial charge in [0, 0.05) is 0 Å². The van der Waals surface area contributed by atoms with Crippen molar-refractivity contribution < 1.29 is 9.53 Å². The molecule has 0 heterocycles. The fraction of sp³-hybridized carbons (Fsp3) is 0.316. The summed E-state index contributed by atoms with van der Waals surface area (Å²) in [5.41, 5.74) is 2.85. The summed E-state index contributed by atoms with van der Waals surface area (Å²) >= 11 is 3.60. The number of isocyanates is 1. The number of benzene rings is 2. The highest BCUT2D eigenvalue weighted by atomic mass is 79.9. The summed E-state index contributed by atoms with van der Waals surface area (Å²) < 4.78 is 6.88. The molecule has 0 bridgehead atoms. The number of rotatable bonds is 5. The van der Waals surface area contributed by atoms with E-state index in [1.54, 1.807) is 6.08 Å². The van der Waals surface area contributed by atoms with Crippen LogP contribution in [0.25, 0.3) is 0 Å². The molecule has 2 aromatic carbocycles. The number of hydrogen-bond acceptors (Lipinski definition) is 3. The highest BCUT2D eigenvalue weighted by Crippen LogP contribution is 2.47. The van der Waals surface area contributed by atoms with E-state index in [-0.39, 0.29) is 5.54 Å². The van der Waals surface area contributed by atoms with Crippen molar-refractivity contribution in [3.05, 3.63) is 63.6 Å². The second-order valence-electron chi connectivity index (χ2n) is 5.97. The van der Waals surface area contributed by atoms with E-state index in [9.17, 15) is 4.79 Å². The van der Waals surface area contributed by atoms with Gasteiger partial charge >= 0.3 is 0 Å². The Morgan fingerprint density at radius 1 is 1.26 bits per heavy atom. The van der Waals surface area contributed by atoms with Crippen LogP contribution >= 0.6 is 15.9 Å². The van der Waals surface area contributed by atoms with Crippen LogP contribution in [0.2, 0.25) is 0 Å². The van der Waals surface area contributed by atoms with E-state index in [0.717, 1.165) is 46.2 Å². The largest absolute Gasteiger partial charge is 0.487 e. The second-order valence-corrected chi connectivity index (χ2v) is 6.82. The van der Waals surface area contributed by atoms with E-state index >= 15 is 0 Å². The normalized spacial score (nSPS) is 15.4. The van der Waals surface area contributed by atoms with Gasteiger partial charge in [-0.3, -0.25) is 0 Å². The summed E-state index contributed by atoms with van der Waals surface area (Å²) in [5.74, 6) is 0.835. The van der Waals surface area contributed by atoms with E-state index in [4.69, 9.17) is 4.74 Å². The molecule has 1 aliphatic rings. The lowest BCUT2D eigenvalue weighted by atomic mass is 9.72. The van der Waals surface area contributed by atoms with Crippen molar-refractivity contribution in [1.29, 1.82) is 0 Å². The first-order chi connectivity index (χ1) is 11.1. The lowest BCUT2D eigenvalue weighted by molar-refractivity contribution is 0.254. The van der Waals surface area contributed by atoms with Gasteiger partial charge in [-0.2, -0.15) is 4.99 Å². The van der Waals surface area contributed by atoms with Crippen molar-refractivity contribution in [1.82, 2.24) is 0 Å². The Kier molecular flexibility index (Phi) is 4.65. The van der Waals surface area contributed by atoms with Gasteiger partial charge in [0.1, 0.15) is 12.4 Å². The van der Waals surface area contributed by atoms with Crippen LogP contribution < -0.4 is 4.74 Å². The van der Waals surface area contributed by atoms with Crippen LogP contribution in [-0.2, 0) is 16.9 Å². The van der Waals surface area contributed by atoms with E-state index in [1.807, 2.05) is 43.3 Å². The maximum Gasteiger partial charge on any atom is 0.235 e. The molecule has 4 heteroatoms. The maximum atomic E-state index is 10.8. The zero-order valence-corrected chi connectivity index (χ0v) is 14.6. The number of nitrogens with zero attached hydrogens (tertiary/aromatic N) is 1. The number of hydrogen-bond donors (Lipinski definition) is 0. The van der Waals surface area contributed by atoms with Crippen LogP contribution in [0.4, 0.5) is 0 Å². The zero-order valence-electron chi connectivity index (χ0n) is 13.0. The average molecular weight is 372 g/mol. The number of halogens is 1. The third kappa shape index (κ3) is 3.24. The molecule has 3 nitrogen and oxygen atoms in total. The van der Waals surface area contributed by atoms with Gasteiger partial charge in [-0.25, -0.2) is 4.79 Å². The van der Waals surface area contributed by atoms with Crippen molar-refractivity contribution in [2.45, 2.75) is 38.3 Å². The Bertz CT molecular complexity index is 724. The quantitative estimate of drug-likeness (QED) is 0.544. The Morgan fingerprint density at radius 3 is 2.57 bits per heavy atom. The fourth-order valence-corrected chi connectivity index (χ4v) is 3.65. The van der Waals surface area contributed by atoms with Gasteiger partial charge in [0.2, 0.25) is 6.08 Å². The van der Waals surface area contributed by atoms with Crippen molar-refractivity contribution in [2.75, 3.05) is 0 Å². The SMILES string of the molecule is Cc1cc(C2(N=C=O)CCC2)cc(Br)c1OCc1ccccc1. The van der Waals surface area contributed by atoms with Crippen LogP contribution in [-0.4, -0.2) is 6.08 Å². The Balaban J connectivity index is 1.84. The molecule has 23 heavy (non-hydrogen) atoms. The first-order valence-electron chi connectivity index (χ1n) is 7.71. The van der Waals surface area contributed by atoms with Crippen LogP contribution in [0.1, 0.15) is 36.0 Å². The number of aliphatic imine (C=N–C) groups is 1. The molecule has 3 rings (SSSR count). The monoisotopic (exact) mass is 371 g/mol. The van der Waals surface area contributed by atoms with Gasteiger partial charge < -0.3 is 4.74 Å². The van der Waals surface area contributed by atoms with Gasteiger partial charge in [-0.15, -0.1) is 0 Å². The van der Waals surface area contributed by atoms with Gasteiger partial charge in [0.15, 0.2) is 0 Å². The molecule has 0 spiro atoms. The average Bonchev–Trinajstić information content (AvgIpc) is 2.51. The molecule has 0 N–H and O–H groups in total. The molecular formula is C19H18BrNO2. The van der Waals surface area contributed by atoms with Gasteiger partial charge in [-0.05, 0) is 70.9 Å². The first-order valence-corrected chi connectivity index (χ1v) is 8.50. The van der Waals surface area contributed by atoms with Gasteiger partial charge in [0.25, 0.3) is 0 Å². The molecule has 0 radical (unpaired) electrons.